The topological polar surface area (TPSA) is 156 Å². The normalized spacial score (nSPS) is 17.1. The molecule has 0 aliphatic heterocycles. The molecule has 4 atom stereocenters. The van der Waals surface area contributed by atoms with Gasteiger partial charge in [0.15, 0.2) is 6.10 Å². The van der Waals surface area contributed by atoms with Gasteiger partial charge in [0.1, 0.15) is 24.1 Å². The first kappa shape index (κ1) is 18.3. The van der Waals surface area contributed by atoms with Gasteiger partial charge in [-0.05, 0) is 13.8 Å². The lowest BCUT2D eigenvalue weighted by Crippen LogP contribution is -2.48. The van der Waals surface area contributed by atoms with Crippen LogP contribution in [0.5, 0.6) is 0 Å². The van der Waals surface area contributed by atoms with E-state index in [-0.39, 0.29) is 5.78 Å². The van der Waals surface area contributed by atoms with E-state index in [0.717, 1.165) is 0 Å². The Morgan fingerprint density at radius 1 is 1.00 bits per heavy atom. The van der Waals surface area contributed by atoms with Crippen LogP contribution in [0.15, 0.2) is 0 Å². The Morgan fingerprint density at radius 2 is 1.35 bits per heavy atom. The van der Waals surface area contributed by atoms with Crippen LogP contribution in [0.4, 0.5) is 0 Å². The fraction of sp³-hybridized carbons (Fsp3) is 0.778. The number of carboxylic acids is 1. The van der Waals surface area contributed by atoms with Gasteiger partial charge in [-0.25, -0.2) is 4.79 Å². The summed E-state index contributed by atoms with van der Waals surface area (Å²) in [6, 6.07) is 0. The molecule has 0 aromatic carbocycles. The molecule has 0 aliphatic carbocycles. The SMILES string of the molecule is CC(C)=O.O=C(O)C(O)C(O)C(O)C(O)CO. The third-order valence-electron chi connectivity index (χ3n) is 1.51. The summed E-state index contributed by atoms with van der Waals surface area (Å²) in [5.74, 6) is -1.56. The zero-order chi connectivity index (χ0) is 14.2. The van der Waals surface area contributed by atoms with Gasteiger partial charge in [-0.2, -0.15) is 0 Å². The molecule has 0 aliphatic rings. The van der Waals surface area contributed by atoms with E-state index in [2.05, 4.69) is 0 Å². The predicted octanol–water partition coefficient (Wildman–Crippen LogP) is -2.90. The molecule has 0 aromatic heterocycles. The van der Waals surface area contributed by atoms with Crippen LogP contribution in [0.1, 0.15) is 13.8 Å². The molecule has 0 radical (unpaired) electrons. The van der Waals surface area contributed by atoms with Gasteiger partial charge >= 0.3 is 5.97 Å². The van der Waals surface area contributed by atoms with Crippen molar-refractivity contribution >= 4 is 11.8 Å². The van der Waals surface area contributed by atoms with Gasteiger partial charge in [0.2, 0.25) is 0 Å². The molecular weight excluding hydrogens is 236 g/mol. The van der Waals surface area contributed by atoms with E-state index in [1.165, 1.54) is 13.8 Å². The van der Waals surface area contributed by atoms with E-state index in [9.17, 15) is 9.59 Å². The lowest BCUT2D eigenvalue weighted by Gasteiger charge is -2.23. The number of ketones is 1. The fourth-order valence-corrected chi connectivity index (χ4v) is 0.668. The molecule has 0 saturated carbocycles. The average molecular weight is 254 g/mol. The van der Waals surface area contributed by atoms with Gasteiger partial charge in [0.05, 0.1) is 6.61 Å². The van der Waals surface area contributed by atoms with Crippen LogP contribution in [0, 0.1) is 0 Å². The Kier molecular flexibility index (Phi) is 9.72. The number of aliphatic hydroxyl groups excluding tert-OH is 5. The Morgan fingerprint density at radius 3 is 1.59 bits per heavy atom. The maximum absolute atomic E-state index is 10.1. The number of Topliss-reactive ketones (excluding diaryl/α,β-unsaturated/α-hetero) is 1. The highest BCUT2D eigenvalue weighted by Crippen LogP contribution is 2.04. The summed E-state index contributed by atoms with van der Waals surface area (Å²) >= 11 is 0. The van der Waals surface area contributed by atoms with Crippen LogP contribution < -0.4 is 0 Å². The molecule has 0 bridgehead atoms. The van der Waals surface area contributed by atoms with E-state index in [1.54, 1.807) is 0 Å². The summed E-state index contributed by atoms with van der Waals surface area (Å²) in [4.78, 5) is 19.5. The third-order valence-corrected chi connectivity index (χ3v) is 1.51. The highest BCUT2D eigenvalue weighted by atomic mass is 16.4. The summed E-state index contributed by atoms with van der Waals surface area (Å²) in [6.07, 6.45) is -7.84. The second kappa shape index (κ2) is 9.02. The van der Waals surface area contributed by atoms with Crippen molar-refractivity contribution in [3.8, 4) is 0 Å². The van der Waals surface area contributed by atoms with Crippen LogP contribution in [0.2, 0.25) is 0 Å². The molecular formula is C9H18O8. The van der Waals surface area contributed by atoms with E-state index in [0.29, 0.717) is 0 Å². The van der Waals surface area contributed by atoms with E-state index >= 15 is 0 Å². The second-order valence-corrected chi connectivity index (χ2v) is 3.42. The standard InChI is InChI=1S/C6H12O7.C3H6O/c7-1-2(8)3(9)4(10)5(11)6(12)13;1-3(2)4/h2-5,7-11H,1H2,(H,12,13);1-2H3. The quantitative estimate of drug-likeness (QED) is 0.305. The predicted molar refractivity (Wildman–Crippen MR) is 55.1 cm³/mol. The average Bonchev–Trinajstić information content (AvgIpc) is 2.23. The van der Waals surface area contributed by atoms with Crippen molar-refractivity contribution in [2.75, 3.05) is 6.61 Å². The molecule has 17 heavy (non-hydrogen) atoms. The molecule has 0 spiro atoms. The van der Waals surface area contributed by atoms with E-state index in [1.807, 2.05) is 0 Å². The molecule has 4 unspecified atom stereocenters. The number of aliphatic carboxylic acids is 1. The van der Waals surface area contributed by atoms with Crippen LogP contribution >= 0.6 is 0 Å². The van der Waals surface area contributed by atoms with Gasteiger partial charge < -0.3 is 35.4 Å². The molecule has 6 N–H and O–H groups in total. The minimum atomic E-state index is -2.20. The zero-order valence-corrected chi connectivity index (χ0v) is 9.52. The fourth-order valence-electron chi connectivity index (χ4n) is 0.668. The molecule has 0 saturated heterocycles. The van der Waals surface area contributed by atoms with Crippen molar-refractivity contribution in [2.45, 2.75) is 38.3 Å². The maximum Gasteiger partial charge on any atom is 0.335 e. The van der Waals surface area contributed by atoms with E-state index in [4.69, 9.17) is 30.6 Å². The Balaban J connectivity index is 0. The van der Waals surface area contributed by atoms with Gasteiger partial charge in [-0.3, -0.25) is 0 Å². The number of carbonyl (C=O) groups is 2. The summed E-state index contributed by atoms with van der Waals surface area (Å²) < 4.78 is 0. The molecule has 0 amide bonds. The molecule has 8 heteroatoms. The zero-order valence-electron chi connectivity index (χ0n) is 9.52. The first-order valence-corrected chi connectivity index (χ1v) is 4.68. The van der Waals surface area contributed by atoms with Crippen molar-refractivity contribution < 1.29 is 40.2 Å². The molecule has 0 aromatic rings. The second-order valence-electron chi connectivity index (χ2n) is 3.42. The number of hydrogen-bond acceptors (Lipinski definition) is 7. The van der Waals surface area contributed by atoms with Gasteiger partial charge in [-0.1, -0.05) is 0 Å². The summed E-state index contributed by atoms with van der Waals surface area (Å²) in [5, 5.41) is 51.8. The molecule has 8 nitrogen and oxygen atoms in total. The minimum Gasteiger partial charge on any atom is -0.479 e. The summed E-state index contributed by atoms with van der Waals surface area (Å²) in [6.45, 7) is 2.21. The monoisotopic (exact) mass is 254 g/mol. The third kappa shape index (κ3) is 8.72. The van der Waals surface area contributed by atoms with Crippen molar-refractivity contribution in [1.82, 2.24) is 0 Å². The molecule has 0 fully saturated rings. The number of hydrogen-bond donors (Lipinski definition) is 6. The van der Waals surface area contributed by atoms with Gasteiger partial charge in [0.25, 0.3) is 0 Å². The molecule has 102 valence electrons. The van der Waals surface area contributed by atoms with Crippen LogP contribution in [0.3, 0.4) is 0 Å². The number of carboxylic acid groups (broad SMARTS) is 1. The Bertz CT molecular complexity index is 237. The first-order valence-electron chi connectivity index (χ1n) is 4.68. The number of carbonyl (C=O) groups excluding carboxylic acids is 1. The molecule has 0 rings (SSSR count). The van der Waals surface area contributed by atoms with Crippen molar-refractivity contribution in [2.24, 2.45) is 0 Å². The van der Waals surface area contributed by atoms with E-state index < -0.39 is 37.0 Å². The molecule has 0 heterocycles. The van der Waals surface area contributed by atoms with Crippen molar-refractivity contribution in [3.63, 3.8) is 0 Å². The Labute approximate surface area is 97.8 Å². The van der Waals surface area contributed by atoms with Crippen molar-refractivity contribution in [3.05, 3.63) is 0 Å². The number of aliphatic hydroxyl groups is 5. The smallest absolute Gasteiger partial charge is 0.335 e. The highest BCUT2D eigenvalue weighted by molar-refractivity contribution is 5.72. The maximum atomic E-state index is 10.1. The van der Waals surface area contributed by atoms with Crippen molar-refractivity contribution in [1.29, 1.82) is 0 Å². The largest absolute Gasteiger partial charge is 0.479 e. The minimum absolute atomic E-state index is 0.167. The lowest BCUT2D eigenvalue weighted by molar-refractivity contribution is -0.164. The first-order chi connectivity index (χ1) is 7.64. The van der Waals surface area contributed by atoms with Gasteiger partial charge in [0, 0.05) is 0 Å². The lowest BCUT2D eigenvalue weighted by atomic mass is 10.0. The van der Waals surface area contributed by atoms with Crippen LogP contribution in [-0.2, 0) is 9.59 Å². The van der Waals surface area contributed by atoms with Crippen LogP contribution in [-0.4, -0.2) is 73.4 Å². The van der Waals surface area contributed by atoms with Gasteiger partial charge in [-0.15, -0.1) is 0 Å². The van der Waals surface area contributed by atoms with Crippen LogP contribution in [0.25, 0.3) is 0 Å². The Hall–Kier alpha value is -1.06. The summed E-state index contributed by atoms with van der Waals surface area (Å²) in [7, 11) is 0. The number of rotatable bonds is 5. The summed E-state index contributed by atoms with van der Waals surface area (Å²) in [5.41, 5.74) is 0. The highest BCUT2D eigenvalue weighted by Gasteiger charge is 2.33.